The lowest BCUT2D eigenvalue weighted by molar-refractivity contribution is -0.135. The zero-order chi connectivity index (χ0) is 20.1. The van der Waals surface area contributed by atoms with Crippen LogP contribution in [0.4, 0.5) is 0 Å². The Morgan fingerprint density at radius 3 is 2.68 bits per heavy atom. The molecule has 0 radical (unpaired) electrons. The summed E-state index contributed by atoms with van der Waals surface area (Å²) in [6.07, 6.45) is 1.67. The van der Waals surface area contributed by atoms with Crippen LogP contribution in [-0.4, -0.2) is 69.0 Å². The molecule has 150 valence electrons. The molecular weight excluding hydrogens is 354 g/mol. The number of hydrogen-bond acceptors (Lipinski definition) is 4. The smallest absolute Gasteiger partial charge is 0.254 e. The molecule has 28 heavy (non-hydrogen) atoms. The van der Waals surface area contributed by atoms with Gasteiger partial charge >= 0.3 is 0 Å². The van der Waals surface area contributed by atoms with Crippen LogP contribution in [0.5, 0.6) is 5.75 Å². The summed E-state index contributed by atoms with van der Waals surface area (Å²) in [5.74, 6) is 0.718. The minimum Gasteiger partial charge on any atom is -0.496 e. The maximum Gasteiger partial charge on any atom is 0.254 e. The van der Waals surface area contributed by atoms with Gasteiger partial charge in [-0.2, -0.15) is 0 Å². The molecule has 6 heteroatoms. The van der Waals surface area contributed by atoms with Gasteiger partial charge in [-0.3, -0.25) is 9.59 Å². The van der Waals surface area contributed by atoms with Gasteiger partial charge < -0.3 is 19.9 Å². The number of carbonyl (C=O) groups is 2. The normalized spacial score (nSPS) is 16.8. The van der Waals surface area contributed by atoms with Gasteiger partial charge in [0.1, 0.15) is 5.75 Å². The van der Waals surface area contributed by atoms with E-state index in [1.165, 1.54) is 0 Å². The first-order valence-electron chi connectivity index (χ1n) is 9.81. The number of piperidine rings is 1. The molecule has 1 aliphatic rings. The molecule has 3 rings (SSSR count). The van der Waals surface area contributed by atoms with Crippen molar-refractivity contribution in [3.63, 3.8) is 0 Å². The molecule has 0 aromatic heterocycles. The number of carbonyl (C=O) groups excluding carboxylic acids is 2. The van der Waals surface area contributed by atoms with Crippen molar-refractivity contribution in [1.29, 1.82) is 0 Å². The van der Waals surface area contributed by atoms with E-state index < -0.39 is 0 Å². The second-order valence-corrected chi connectivity index (χ2v) is 7.31. The van der Waals surface area contributed by atoms with Gasteiger partial charge in [0.2, 0.25) is 5.91 Å². The van der Waals surface area contributed by atoms with Crippen LogP contribution in [0.3, 0.4) is 0 Å². The number of nitrogens with one attached hydrogen (secondary N) is 1. The number of benzene rings is 2. The van der Waals surface area contributed by atoms with E-state index in [2.05, 4.69) is 5.32 Å². The first-order valence-corrected chi connectivity index (χ1v) is 9.81. The Bertz CT molecular complexity index is 852. The summed E-state index contributed by atoms with van der Waals surface area (Å²) in [6, 6.07) is 11.4. The lowest BCUT2D eigenvalue weighted by atomic mass is 9.95. The van der Waals surface area contributed by atoms with E-state index in [9.17, 15) is 9.59 Å². The highest BCUT2D eigenvalue weighted by molar-refractivity contribution is 6.08. The Morgan fingerprint density at radius 1 is 1.21 bits per heavy atom. The van der Waals surface area contributed by atoms with Crippen molar-refractivity contribution < 1.29 is 14.3 Å². The van der Waals surface area contributed by atoms with Gasteiger partial charge in [0.15, 0.2) is 0 Å². The fourth-order valence-corrected chi connectivity index (χ4v) is 3.87. The molecule has 1 saturated heterocycles. The number of methoxy groups -OCH3 is 1. The third-order valence-corrected chi connectivity index (χ3v) is 5.47. The first kappa shape index (κ1) is 20.1. The first-order chi connectivity index (χ1) is 13.6. The molecule has 1 N–H and O–H groups in total. The molecule has 0 saturated carbocycles. The zero-order valence-electron chi connectivity index (χ0n) is 16.9. The molecule has 2 amide bonds. The van der Waals surface area contributed by atoms with Gasteiger partial charge in [-0.15, -0.1) is 0 Å². The highest BCUT2D eigenvalue weighted by atomic mass is 16.5. The fraction of sp³-hybridized carbons (Fsp3) is 0.455. The summed E-state index contributed by atoms with van der Waals surface area (Å²) >= 11 is 0. The average molecular weight is 383 g/mol. The zero-order valence-corrected chi connectivity index (χ0v) is 16.9. The van der Waals surface area contributed by atoms with Crippen molar-refractivity contribution in [2.45, 2.75) is 12.8 Å². The molecule has 2 aromatic carbocycles. The van der Waals surface area contributed by atoms with Gasteiger partial charge in [-0.05, 0) is 37.4 Å². The van der Waals surface area contributed by atoms with Crippen molar-refractivity contribution in [1.82, 2.24) is 15.1 Å². The number of likely N-dealkylation sites (tertiary alicyclic amines) is 1. The summed E-state index contributed by atoms with van der Waals surface area (Å²) in [7, 11) is 5.34. The van der Waals surface area contributed by atoms with E-state index in [4.69, 9.17) is 4.74 Å². The highest BCUT2D eigenvalue weighted by Crippen LogP contribution is 2.30. The number of likely N-dealkylation sites (N-methyl/N-ethyl adjacent to an activating group) is 2. The maximum atomic E-state index is 13.3. The standard InChI is InChI=1S/C22H29N3O3/c1-23-12-14-24(2)21(26)16-7-6-13-25(15-16)22(27)19-10-11-20(28-3)18-9-5-4-8-17(18)19/h4-5,8-11,16,23H,6-7,12-15H2,1-3H3. The monoisotopic (exact) mass is 383 g/mol. The van der Waals surface area contributed by atoms with Gasteiger partial charge in [-0.25, -0.2) is 0 Å². The van der Waals surface area contributed by atoms with Crippen molar-refractivity contribution >= 4 is 22.6 Å². The van der Waals surface area contributed by atoms with Gasteiger partial charge in [-0.1, -0.05) is 24.3 Å². The van der Waals surface area contributed by atoms with Crippen LogP contribution in [0, 0.1) is 5.92 Å². The summed E-state index contributed by atoms with van der Waals surface area (Å²) in [6.45, 7) is 2.59. The fourth-order valence-electron chi connectivity index (χ4n) is 3.87. The third-order valence-electron chi connectivity index (χ3n) is 5.47. The number of hydrogen-bond donors (Lipinski definition) is 1. The van der Waals surface area contributed by atoms with E-state index >= 15 is 0 Å². The van der Waals surface area contributed by atoms with Gasteiger partial charge in [0.05, 0.1) is 13.0 Å². The molecule has 1 aliphatic heterocycles. The largest absolute Gasteiger partial charge is 0.496 e. The minimum absolute atomic E-state index is 0.0192. The summed E-state index contributed by atoms with van der Waals surface area (Å²) in [5, 5.41) is 4.87. The Hall–Kier alpha value is -2.60. The number of amides is 2. The highest BCUT2D eigenvalue weighted by Gasteiger charge is 2.31. The van der Waals surface area contributed by atoms with Gasteiger partial charge in [0.25, 0.3) is 5.91 Å². The Labute approximate surface area is 166 Å². The summed E-state index contributed by atoms with van der Waals surface area (Å²) in [4.78, 5) is 29.6. The molecule has 0 spiro atoms. The van der Waals surface area contributed by atoms with E-state index in [1.54, 1.807) is 12.0 Å². The second-order valence-electron chi connectivity index (χ2n) is 7.31. The number of nitrogens with zero attached hydrogens (tertiary/aromatic N) is 2. The van der Waals surface area contributed by atoms with Crippen LogP contribution in [0.2, 0.25) is 0 Å². The molecule has 1 heterocycles. The van der Waals surface area contributed by atoms with Crippen molar-refractivity contribution in [3.8, 4) is 5.75 Å². The minimum atomic E-state index is -0.135. The lowest BCUT2D eigenvalue weighted by Gasteiger charge is -2.34. The van der Waals surface area contributed by atoms with Crippen molar-refractivity contribution in [3.05, 3.63) is 42.0 Å². The molecule has 1 unspecified atom stereocenters. The van der Waals surface area contributed by atoms with E-state index in [0.29, 0.717) is 25.2 Å². The van der Waals surface area contributed by atoms with Crippen LogP contribution >= 0.6 is 0 Å². The van der Waals surface area contributed by atoms with Crippen LogP contribution in [-0.2, 0) is 4.79 Å². The van der Waals surface area contributed by atoms with Gasteiger partial charge in [0, 0.05) is 44.2 Å². The van der Waals surface area contributed by atoms with Crippen LogP contribution in [0.25, 0.3) is 10.8 Å². The number of fused-ring (bicyclic) bond motifs is 1. The maximum absolute atomic E-state index is 13.3. The van der Waals surface area contributed by atoms with Crippen LogP contribution in [0.1, 0.15) is 23.2 Å². The quantitative estimate of drug-likeness (QED) is 0.832. The Morgan fingerprint density at radius 2 is 1.96 bits per heavy atom. The van der Waals surface area contributed by atoms with E-state index in [-0.39, 0.29) is 17.7 Å². The molecular formula is C22H29N3O3. The Balaban J connectivity index is 1.79. The summed E-state index contributed by atoms with van der Waals surface area (Å²) in [5.41, 5.74) is 0.660. The molecule has 0 aliphatic carbocycles. The van der Waals surface area contributed by atoms with Crippen LogP contribution < -0.4 is 10.1 Å². The molecule has 6 nitrogen and oxygen atoms in total. The van der Waals surface area contributed by atoms with E-state index in [0.717, 1.165) is 35.9 Å². The lowest BCUT2D eigenvalue weighted by Crippen LogP contribution is -2.46. The van der Waals surface area contributed by atoms with E-state index in [1.807, 2.05) is 55.4 Å². The predicted molar refractivity (Wildman–Crippen MR) is 111 cm³/mol. The molecule has 1 atom stereocenters. The predicted octanol–water partition coefficient (Wildman–Crippen LogP) is 2.38. The topological polar surface area (TPSA) is 61.9 Å². The van der Waals surface area contributed by atoms with Crippen molar-refractivity contribution in [2.75, 3.05) is 47.4 Å². The Kier molecular flexibility index (Phi) is 6.52. The average Bonchev–Trinajstić information content (AvgIpc) is 2.75. The number of ether oxygens (including phenoxy) is 1. The SMILES string of the molecule is CNCCN(C)C(=O)C1CCCN(C(=O)c2ccc(OC)c3ccccc23)C1. The number of rotatable bonds is 6. The van der Waals surface area contributed by atoms with Crippen molar-refractivity contribution in [2.24, 2.45) is 5.92 Å². The second kappa shape index (κ2) is 9.06. The molecule has 1 fully saturated rings. The molecule has 2 aromatic rings. The third kappa shape index (κ3) is 4.12. The van der Waals surface area contributed by atoms with Crippen LogP contribution in [0.15, 0.2) is 36.4 Å². The summed E-state index contributed by atoms with van der Waals surface area (Å²) < 4.78 is 5.43. The molecule has 0 bridgehead atoms.